The van der Waals surface area contributed by atoms with E-state index in [2.05, 4.69) is 20.3 Å². The number of thiazole rings is 1. The summed E-state index contributed by atoms with van der Waals surface area (Å²) in [5.74, 6) is 1.34. The molecule has 128 valence electrons. The van der Waals surface area contributed by atoms with Gasteiger partial charge in [0.05, 0.1) is 23.3 Å². The summed E-state index contributed by atoms with van der Waals surface area (Å²) in [4.78, 5) is 26.4. The fraction of sp³-hybridized carbons (Fsp3) is 0.294. The van der Waals surface area contributed by atoms with E-state index in [4.69, 9.17) is 4.74 Å². The van der Waals surface area contributed by atoms with E-state index in [0.717, 1.165) is 34.8 Å². The fourth-order valence-corrected chi connectivity index (χ4v) is 3.79. The van der Waals surface area contributed by atoms with E-state index in [-0.39, 0.29) is 5.91 Å². The van der Waals surface area contributed by atoms with Crippen LogP contribution in [0.15, 0.2) is 23.2 Å². The van der Waals surface area contributed by atoms with E-state index >= 15 is 0 Å². The second kappa shape index (κ2) is 5.96. The van der Waals surface area contributed by atoms with Crippen LogP contribution in [0.5, 0.6) is 5.75 Å². The minimum Gasteiger partial charge on any atom is -0.497 e. The SMILES string of the molecule is COc1ccc2c3n(c(=NC(=O)c4sc(C)nc4C)nc2c1)CCN3. The van der Waals surface area contributed by atoms with Gasteiger partial charge in [0, 0.05) is 24.5 Å². The molecule has 1 N–H and O–H groups in total. The summed E-state index contributed by atoms with van der Waals surface area (Å²) in [6.45, 7) is 5.20. The van der Waals surface area contributed by atoms with E-state index in [9.17, 15) is 4.79 Å². The van der Waals surface area contributed by atoms with Gasteiger partial charge < -0.3 is 10.1 Å². The highest BCUT2D eigenvalue weighted by molar-refractivity contribution is 7.13. The Morgan fingerprint density at radius 1 is 1.36 bits per heavy atom. The molecule has 3 heterocycles. The molecule has 8 heteroatoms. The summed E-state index contributed by atoms with van der Waals surface area (Å²) >= 11 is 1.36. The molecule has 7 nitrogen and oxygen atoms in total. The van der Waals surface area contributed by atoms with Crippen molar-refractivity contribution in [1.82, 2.24) is 14.5 Å². The third-order valence-electron chi connectivity index (χ3n) is 4.12. The number of aryl methyl sites for hydroxylation is 2. The normalized spacial score (nSPS) is 13.8. The first-order valence-electron chi connectivity index (χ1n) is 7.92. The molecule has 0 saturated carbocycles. The van der Waals surface area contributed by atoms with Crippen molar-refractivity contribution in [2.24, 2.45) is 4.99 Å². The molecule has 0 fully saturated rings. The minimum atomic E-state index is -0.306. The number of amides is 1. The number of nitrogens with zero attached hydrogens (tertiary/aromatic N) is 4. The van der Waals surface area contributed by atoms with Gasteiger partial charge in [-0.25, -0.2) is 9.97 Å². The molecule has 2 aromatic heterocycles. The van der Waals surface area contributed by atoms with Gasteiger partial charge in [-0.1, -0.05) is 0 Å². The molecule has 4 rings (SSSR count). The Labute approximate surface area is 148 Å². The Kier molecular flexibility index (Phi) is 3.76. The number of hydrogen-bond donors (Lipinski definition) is 1. The summed E-state index contributed by atoms with van der Waals surface area (Å²) in [7, 11) is 1.62. The number of benzene rings is 1. The predicted molar refractivity (Wildman–Crippen MR) is 96.3 cm³/mol. The number of aromatic nitrogens is 3. The zero-order chi connectivity index (χ0) is 17.6. The number of rotatable bonds is 2. The summed E-state index contributed by atoms with van der Waals surface area (Å²) in [5.41, 5.74) is 1.85. The van der Waals surface area contributed by atoms with Crippen LogP contribution in [-0.4, -0.2) is 34.1 Å². The molecule has 0 radical (unpaired) electrons. The first kappa shape index (κ1) is 15.8. The van der Waals surface area contributed by atoms with Gasteiger partial charge in [0.15, 0.2) is 0 Å². The number of carbonyl (C=O) groups excluding carboxylic acids is 1. The predicted octanol–water partition coefficient (Wildman–Crippen LogP) is 2.28. The highest BCUT2D eigenvalue weighted by Crippen LogP contribution is 2.26. The number of methoxy groups -OCH3 is 1. The molecule has 0 atom stereocenters. The highest BCUT2D eigenvalue weighted by atomic mass is 32.1. The van der Waals surface area contributed by atoms with E-state index in [1.54, 1.807) is 7.11 Å². The van der Waals surface area contributed by atoms with Crippen molar-refractivity contribution < 1.29 is 9.53 Å². The van der Waals surface area contributed by atoms with E-state index < -0.39 is 0 Å². The van der Waals surface area contributed by atoms with Gasteiger partial charge in [0.25, 0.3) is 5.91 Å². The van der Waals surface area contributed by atoms with Crippen LogP contribution in [0, 0.1) is 13.8 Å². The van der Waals surface area contributed by atoms with E-state index in [1.165, 1.54) is 11.3 Å². The van der Waals surface area contributed by atoms with E-state index in [0.29, 0.717) is 21.9 Å². The lowest BCUT2D eigenvalue weighted by Crippen LogP contribution is -2.24. The van der Waals surface area contributed by atoms with Crippen LogP contribution in [0.3, 0.4) is 0 Å². The second-order valence-electron chi connectivity index (χ2n) is 5.79. The maximum Gasteiger partial charge on any atom is 0.292 e. The monoisotopic (exact) mass is 355 g/mol. The molecule has 25 heavy (non-hydrogen) atoms. The topological polar surface area (TPSA) is 81.4 Å². The fourth-order valence-electron chi connectivity index (χ4n) is 2.99. The van der Waals surface area contributed by atoms with Crippen molar-refractivity contribution in [3.63, 3.8) is 0 Å². The Balaban J connectivity index is 1.92. The van der Waals surface area contributed by atoms with Crippen LogP contribution in [0.25, 0.3) is 10.9 Å². The van der Waals surface area contributed by atoms with Gasteiger partial charge in [-0.3, -0.25) is 9.36 Å². The zero-order valence-corrected chi connectivity index (χ0v) is 15.0. The van der Waals surface area contributed by atoms with Crippen LogP contribution in [0.2, 0.25) is 0 Å². The smallest absolute Gasteiger partial charge is 0.292 e. The lowest BCUT2D eigenvalue weighted by atomic mass is 10.2. The summed E-state index contributed by atoms with van der Waals surface area (Å²) in [5, 5.41) is 5.19. The first-order chi connectivity index (χ1) is 12.1. The third-order valence-corrected chi connectivity index (χ3v) is 5.18. The van der Waals surface area contributed by atoms with Gasteiger partial charge in [-0.2, -0.15) is 4.99 Å². The number of ether oxygens (including phenoxy) is 1. The summed E-state index contributed by atoms with van der Waals surface area (Å²) in [6.07, 6.45) is 0. The molecule has 0 bridgehead atoms. The van der Waals surface area contributed by atoms with Crippen molar-refractivity contribution in [2.45, 2.75) is 20.4 Å². The van der Waals surface area contributed by atoms with Gasteiger partial charge >= 0.3 is 0 Å². The summed E-state index contributed by atoms with van der Waals surface area (Å²) < 4.78 is 7.22. The molecular formula is C17H17N5O2S. The Bertz CT molecular complexity index is 1070. The third kappa shape index (κ3) is 2.68. The molecular weight excluding hydrogens is 338 g/mol. The quantitative estimate of drug-likeness (QED) is 0.763. The van der Waals surface area contributed by atoms with Crippen molar-refractivity contribution in [3.05, 3.63) is 39.4 Å². The Morgan fingerprint density at radius 3 is 2.92 bits per heavy atom. The van der Waals surface area contributed by atoms with Crippen LogP contribution in [0.1, 0.15) is 20.4 Å². The molecule has 1 aliphatic rings. The Hall–Kier alpha value is -2.74. The number of fused-ring (bicyclic) bond motifs is 3. The number of anilines is 1. The lowest BCUT2D eigenvalue weighted by Gasteiger charge is -2.09. The van der Waals surface area contributed by atoms with Crippen LogP contribution >= 0.6 is 11.3 Å². The van der Waals surface area contributed by atoms with Gasteiger partial charge in [0.1, 0.15) is 16.4 Å². The number of nitrogens with one attached hydrogen (secondary N) is 1. The standard InChI is InChI=1S/C17H17N5O2S/c1-9-14(25-10(2)19-9)16(23)21-17-20-13-8-11(24-3)4-5-12(13)15-18-6-7-22(15)17/h4-5,8,18H,6-7H2,1-3H3. The largest absolute Gasteiger partial charge is 0.497 e. The van der Waals surface area contributed by atoms with Crippen LogP contribution in [-0.2, 0) is 6.54 Å². The molecule has 0 unspecified atom stereocenters. The summed E-state index contributed by atoms with van der Waals surface area (Å²) in [6, 6.07) is 5.71. The molecule has 1 aromatic carbocycles. The zero-order valence-electron chi connectivity index (χ0n) is 14.2. The van der Waals surface area contributed by atoms with Crippen molar-refractivity contribution in [1.29, 1.82) is 0 Å². The molecule has 1 amide bonds. The van der Waals surface area contributed by atoms with Gasteiger partial charge in [-0.15, -0.1) is 11.3 Å². The molecule has 0 aliphatic carbocycles. The molecule has 0 spiro atoms. The minimum absolute atomic E-state index is 0.306. The Morgan fingerprint density at radius 2 is 2.20 bits per heavy atom. The second-order valence-corrected chi connectivity index (χ2v) is 6.99. The highest BCUT2D eigenvalue weighted by Gasteiger charge is 2.18. The van der Waals surface area contributed by atoms with Gasteiger partial charge in [-0.05, 0) is 26.0 Å². The molecule has 3 aromatic rings. The number of carbonyl (C=O) groups is 1. The van der Waals surface area contributed by atoms with Crippen molar-refractivity contribution >= 4 is 34.0 Å². The first-order valence-corrected chi connectivity index (χ1v) is 8.74. The average molecular weight is 355 g/mol. The van der Waals surface area contributed by atoms with Crippen LogP contribution < -0.4 is 15.7 Å². The molecule has 0 saturated heterocycles. The van der Waals surface area contributed by atoms with E-state index in [1.807, 2.05) is 36.6 Å². The van der Waals surface area contributed by atoms with Gasteiger partial charge in [0.2, 0.25) is 5.62 Å². The molecule has 1 aliphatic heterocycles. The van der Waals surface area contributed by atoms with Crippen molar-refractivity contribution in [3.8, 4) is 5.75 Å². The number of hydrogen-bond acceptors (Lipinski definition) is 6. The lowest BCUT2D eigenvalue weighted by molar-refractivity contribution is 0.0999. The maximum atomic E-state index is 12.6. The average Bonchev–Trinajstić information content (AvgIpc) is 3.21. The van der Waals surface area contributed by atoms with Crippen LogP contribution in [0.4, 0.5) is 5.82 Å². The van der Waals surface area contributed by atoms with Crippen molar-refractivity contribution in [2.75, 3.05) is 19.0 Å². The maximum absolute atomic E-state index is 12.6.